The molecule has 2 rings (SSSR count). The summed E-state index contributed by atoms with van der Waals surface area (Å²) in [6.07, 6.45) is 2.68. The van der Waals surface area contributed by atoms with Crippen molar-refractivity contribution in [1.82, 2.24) is 4.90 Å². The van der Waals surface area contributed by atoms with Crippen LogP contribution in [0.2, 0.25) is 0 Å². The number of hydrogen-bond donors (Lipinski definition) is 1. The van der Waals surface area contributed by atoms with Gasteiger partial charge in [-0.3, -0.25) is 9.59 Å². The van der Waals surface area contributed by atoms with Crippen LogP contribution < -0.4 is 10.2 Å². The lowest BCUT2D eigenvalue weighted by atomic mass is 10.1. The number of benzene rings is 1. The summed E-state index contributed by atoms with van der Waals surface area (Å²) in [5.74, 6) is 0.462. The number of nitrogens with zero attached hydrogens (tertiary/aromatic N) is 2. The minimum absolute atomic E-state index is 0.0270. The van der Waals surface area contributed by atoms with Crippen LogP contribution in [0.5, 0.6) is 0 Å². The quantitative estimate of drug-likeness (QED) is 0.834. The zero-order valence-corrected chi connectivity index (χ0v) is 15.4. The predicted molar refractivity (Wildman–Crippen MR) is 98.1 cm³/mol. The maximum atomic E-state index is 12.0. The number of amides is 2. The number of rotatable bonds is 7. The van der Waals surface area contributed by atoms with Gasteiger partial charge in [0.05, 0.1) is 0 Å². The molecule has 5 heteroatoms. The second kappa shape index (κ2) is 7.69. The highest BCUT2D eigenvalue weighted by Gasteiger charge is 2.31. The Labute approximate surface area is 145 Å². The van der Waals surface area contributed by atoms with Crippen LogP contribution in [0.1, 0.15) is 45.6 Å². The highest BCUT2D eigenvalue weighted by molar-refractivity contribution is 5.91. The number of carbonyl (C=O) groups is 2. The van der Waals surface area contributed by atoms with E-state index in [9.17, 15) is 9.59 Å². The van der Waals surface area contributed by atoms with Gasteiger partial charge in [0.2, 0.25) is 11.8 Å². The number of anilines is 2. The summed E-state index contributed by atoms with van der Waals surface area (Å²) in [6.45, 7) is 6.27. The van der Waals surface area contributed by atoms with E-state index in [1.165, 1.54) is 0 Å². The lowest BCUT2D eigenvalue weighted by molar-refractivity contribution is -0.130. The number of carbonyl (C=O) groups excluding carboxylic acids is 2. The fourth-order valence-electron chi connectivity index (χ4n) is 2.88. The van der Waals surface area contributed by atoms with Crippen molar-refractivity contribution >= 4 is 23.2 Å². The summed E-state index contributed by atoms with van der Waals surface area (Å²) >= 11 is 0. The largest absolute Gasteiger partial charge is 0.377 e. The minimum Gasteiger partial charge on any atom is -0.377 e. The van der Waals surface area contributed by atoms with Gasteiger partial charge in [-0.05, 0) is 42.5 Å². The summed E-state index contributed by atoms with van der Waals surface area (Å²) in [5.41, 5.74) is 2.92. The van der Waals surface area contributed by atoms with Crippen molar-refractivity contribution in [3.63, 3.8) is 0 Å². The standard InChI is InChI=1S/C19H29N3O2/c1-13(2)10-19(24)20-16-6-9-18(21(4)5)15(11-16)12-22(14(3)23)17-7-8-17/h6,9,11,13,17H,7-8,10,12H2,1-5H3,(H,20,24). The van der Waals surface area contributed by atoms with Crippen molar-refractivity contribution in [2.45, 2.75) is 52.6 Å². The molecule has 0 saturated heterocycles. The highest BCUT2D eigenvalue weighted by Crippen LogP contribution is 2.31. The molecule has 0 radical (unpaired) electrons. The average molecular weight is 331 g/mol. The van der Waals surface area contributed by atoms with Crippen molar-refractivity contribution in [3.05, 3.63) is 23.8 Å². The Kier molecular flexibility index (Phi) is 5.86. The van der Waals surface area contributed by atoms with E-state index in [4.69, 9.17) is 0 Å². The van der Waals surface area contributed by atoms with Crippen LogP contribution in [0.3, 0.4) is 0 Å². The molecular formula is C19H29N3O2. The molecule has 1 saturated carbocycles. The van der Waals surface area contributed by atoms with Crippen LogP contribution >= 0.6 is 0 Å². The molecule has 0 aromatic heterocycles. The third-order valence-corrected chi connectivity index (χ3v) is 4.17. The minimum atomic E-state index is 0.0270. The van der Waals surface area contributed by atoms with Crippen molar-refractivity contribution in [3.8, 4) is 0 Å². The van der Waals surface area contributed by atoms with Gasteiger partial charge in [0.25, 0.3) is 0 Å². The molecular weight excluding hydrogens is 302 g/mol. The molecule has 24 heavy (non-hydrogen) atoms. The van der Waals surface area contributed by atoms with Gasteiger partial charge in [-0.2, -0.15) is 0 Å². The van der Waals surface area contributed by atoms with Crippen LogP contribution in [-0.4, -0.2) is 36.9 Å². The van der Waals surface area contributed by atoms with Gasteiger partial charge in [-0.1, -0.05) is 13.8 Å². The summed E-state index contributed by atoms with van der Waals surface area (Å²) in [5, 5.41) is 2.97. The molecule has 5 nitrogen and oxygen atoms in total. The second-order valence-electron chi connectivity index (χ2n) is 7.26. The fourth-order valence-corrected chi connectivity index (χ4v) is 2.88. The molecule has 0 spiro atoms. The Morgan fingerprint density at radius 3 is 2.42 bits per heavy atom. The zero-order chi connectivity index (χ0) is 17.9. The first-order valence-corrected chi connectivity index (χ1v) is 8.65. The van der Waals surface area contributed by atoms with Crippen LogP contribution in [0.15, 0.2) is 18.2 Å². The maximum absolute atomic E-state index is 12.0. The van der Waals surface area contributed by atoms with Gasteiger partial charge in [0.15, 0.2) is 0 Å². The van der Waals surface area contributed by atoms with Crippen LogP contribution in [0, 0.1) is 5.92 Å². The second-order valence-corrected chi connectivity index (χ2v) is 7.26. The monoisotopic (exact) mass is 331 g/mol. The Hall–Kier alpha value is -2.04. The SMILES string of the molecule is CC(=O)N(Cc1cc(NC(=O)CC(C)C)ccc1N(C)C)C1CC1. The predicted octanol–water partition coefficient (Wildman–Crippen LogP) is 3.25. The summed E-state index contributed by atoms with van der Waals surface area (Å²) in [6, 6.07) is 6.29. The third kappa shape index (κ3) is 4.98. The molecule has 1 fully saturated rings. The Morgan fingerprint density at radius 2 is 1.92 bits per heavy atom. The van der Waals surface area contributed by atoms with Crippen LogP contribution in [0.25, 0.3) is 0 Å². The maximum Gasteiger partial charge on any atom is 0.224 e. The van der Waals surface area contributed by atoms with Gasteiger partial charge >= 0.3 is 0 Å². The summed E-state index contributed by atoms with van der Waals surface area (Å²) in [7, 11) is 3.98. The first kappa shape index (κ1) is 18.3. The normalized spacial score (nSPS) is 13.8. The van der Waals surface area contributed by atoms with E-state index in [1.807, 2.05) is 55.9 Å². The molecule has 1 aromatic rings. The van der Waals surface area contributed by atoms with Gasteiger partial charge < -0.3 is 15.1 Å². The van der Waals surface area contributed by atoms with Gasteiger partial charge in [0, 0.05) is 51.4 Å². The first-order valence-electron chi connectivity index (χ1n) is 8.65. The first-order chi connectivity index (χ1) is 11.3. The lowest BCUT2D eigenvalue weighted by Crippen LogP contribution is -2.31. The summed E-state index contributed by atoms with van der Waals surface area (Å²) < 4.78 is 0. The molecule has 0 bridgehead atoms. The summed E-state index contributed by atoms with van der Waals surface area (Å²) in [4.78, 5) is 27.9. The molecule has 1 aliphatic rings. The number of hydrogen-bond acceptors (Lipinski definition) is 3. The van der Waals surface area contributed by atoms with E-state index in [1.54, 1.807) is 6.92 Å². The van der Waals surface area contributed by atoms with E-state index < -0.39 is 0 Å². The third-order valence-electron chi connectivity index (χ3n) is 4.17. The smallest absolute Gasteiger partial charge is 0.224 e. The van der Waals surface area contributed by atoms with Crippen LogP contribution in [0.4, 0.5) is 11.4 Å². The molecule has 0 unspecified atom stereocenters. The van der Waals surface area contributed by atoms with Crippen molar-refractivity contribution in [2.24, 2.45) is 5.92 Å². The Morgan fingerprint density at radius 1 is 1.25 bits per heavy atom. The topological polar surface area (TPSA) is 52.7 Å². The lowest BCUT2D eigenvalue weighted by Gasteiger charge is -2.25. The molecule has 0 heterocycles. The molecule has 1 N–H and O–H groups in total. The van der Waals surface area contributed by atoms with Crippen molar-refractivity contribution < 1.29 is 9.59 Å². The Balaban J connectivity index is 2.21. The highest BCUT2D eigenvalue weighted by atomic mass is 16.2. The number of nitrogens with one attached hydrogen (secondary N) is 1. The van der Waals surface area contributed by atoms with Gasteiger partial charge in [0.1, 0.15) is 0 Å². The van der Waals surface area contributed by atoms with E-state index in [0.29, 0.717) is 24.9 Å². The zero-order valence-electron chi connectivity index (χ0n) is 15.4. The fraction of sp³-hybridized carbons (Fsp3) is 0.579. The van der Waals surface area contributed by atoms with E-state index in [-0.39, 0.29) is 11.8 Å². The van der Waals surface area contributed by atoms with E-state index >= 15 is 0 Å². The van der Waals surface area contributed by atoms with Crippen molar-refractivity contribution in [2.75, 3.05) is 24.3 Å². The average Bonchev–Trinajstić information content (AvgIpc) is 3.27. The molecule has 0 atom stereocenters. The molecule has 132 valence electrons. The molecule has 1 aliphatic carbocycles. The van der Waals surface area contributed by atoms with Gasteiger partial charge in [-0.25, -0.2) is 0 Å². The van der Waals surface area contributed by atoms with E-state index in [2.05, 4.69) is 5.32 Å². The molecule has 1 aromatic carbocycles. The van der Waals surface area contributed by atoms with Crippen LogP contribution in [-0.2, 0) is 16.1 Å². The molecule has 0 aliphatic heterocycles. The van der Waals surface area contributed by atoms with E-state index in [0.717, 1.165) is 29.8 Å². The van der Waals surface area contributed by atoms with Crippen molar-refractivity contribution in [1.29, 1.82) is 0 Å². The molecule has 2 amide bonds. The Bertz CT molecular complexity index is 607. The van der Waals surface area contributed by atoms with Gasteiger partial charge in [-0.15, -0.1) is 0 Å².